The van der Waals surface area contributed by atoms with Crippen molar-refractivity contribution in [2.75, 3.05) is 13.1 Å². The number of piperidine rings is 2. The van der Waals surface area contributed by atoms with Crippen molar-refractivity contribution in [2.24, 2.45) is 28.4 Å². The van der Waals surface area contributed by atoms with Gasteiger partial charge in [0.2, 0.25) is 5.96 Å². The highest BCUT2D eigenvalue weighted by Crippen LogP contribution is 2.42. The first-order chi connectivity index (χ1) is 9.26. The summed E-state index contributed by atoms with van der Waals surface area (Å²) in [6.45, 7) is 3.25. The molecule has 0 radical (unpaired) electrons. The molecular weight excluding hydrogens is 238 g/mol. The van der Waals surface area contributed by atoms with E-state index in [4.69, 9.17) is 11.6 Å². The van der Waals surface area contributed by atoms with Crippen molar-refractivity contribution in [3.63, 3.8) is 0 Å². The quantitative estimate of drug-likeness (QED) is 0.315. The Morgan fingerprint density at radius 1 is 1.26 bits per heavy atom. The summed E-state index contributed by atoms with van der Waals surface area (Å²) in [4.78, 5) is 6.98. The first kappa shape index (κ1) is 12.4. The fourth-order valence-electron chi connectivity index (χ4n) is 3.34. The van der Waals surface area contributed by atoms with Gasteiger partial charge in [-0.15, -0.1) is 0 Å². The van der Waals surface area contributed by atoms with Gasteiger partial charge in [-0.05, 0) is 23.8 Å². The first-order valence-corrected chi connectivity index (χ1v) is 6.82. The summed E-state index contributed by atoms with van der Waals surface area (Å²) in [5.41, 5.74) is 9.45. The molecule has 0 spiro atoms. The summed E-state index contributed by atoms with van der Waals surface area (Å²) < 4.78 is 0. The molecule has 102 valence electrons. The van der Waals surface area contributed by atoms with Crippen LogP contribution in [-0.4, -0.2) is 30.0 Å². The second-order valence-corrected chi connectivity index (χ2v) is 5.58. The highest BCUT2D eigenvalue weighted by Gasteiger charge is 2.46. The topological polar surface area (TPSA) is 79.7 Å². The fraction of sp³-hybridized carbons (Fsp3) is 0.500. The monoisotopic (exact) mass is 259 g/mol. The Bertz CT molecular complexity index is 446. The van der Waals surface area contributed by atoms with Gasteiger partial charge in [0.25, 0.3) is 0 Å². The number of nitrogens with zero attached hydrogens (tertiary/aromatic N) is 2. The van der Waals surface area contributed by atoms with Crippen LogP contribution in [0.1, 0.15) is 12.0 Å². The van der Waals surface area contributed by atoms with Crippen molar-refractivity contribution in [3.05, 3.63) is 35.9 Å². The Hall–Kier alpha value is -1.59. The van der Waals surface area contributed by atoms with Crippen LogP contribution in [0, 0.1) is 11.8 Å². The molecule has 2 atom stereocenters. The molecule has 2 bridgehead atoms. The van der Waals surface area contributed by atoms with Crippen molar-refractivity contribution >= 4 is 5.96 Å². The number of hydrogen-bond acceptors (Lipinski definition) is 3. The summed E-state index contributed by atoms with van der Waals surface area (Å²) in [5, 5.41) is 0. The molecule has 3 aliphatic rings. The highest BCUT2D eigenvalue weighted by atomic mass is 15.3. The lowest BCUT2D eigenvalue weighted by atomic mass is 9.66. The number of rotatable bonds is 3. The van der Waals surface area contributed by atoms with Crippen LogP contribution >= 0.6 is 0 Å². The smallest absolute Gasteiger partial charge is 0.203 e. The predicted octanol–water partition coefficient (Wildman–Crippen LogP) is 0.285. The SMILES string of the molecule is NNC(N)=NC1C2CC1CN(Cc1ccccc1)C2. The van der Waals surface area contributed by atoms with Crippen LogP contribution in [0.15, 0.2) is 35.3 Å². The lowest BCUT2D eigenvalue weighted by Crippen LogP contribution is -2.58. The van der Waals surface area contributed by atoms with Crippen LogP contribution in [0.3, 0.4) is 0 Å². The minimum absolute atomic E-state index is 0.358. The van der Waals surface area contributed by atoms with Crippen molar-refractivity contribution in [3.8, 4) is 0 Å². The van der Waals surface area contributed by atoms with Crippen LogP contribution in [0.4, 0.5) is 0 Å². The minimum Gasteiger partial charge on any atom is -0.369 e. The second-order valence-electron chi connectivity index (χ2n) is 5.58. The standard InChI is InChI=1S/C14H21N5/c15-14(18-16)17-13-11-6-12(13)9-19(8-11)7-10-4-2-1-3-5-10/h1-5,11-13H,6-9,16H2,(H3,15,17,18). The average molecular weight is 259 g/mol. The highest BCUT2D eigenvalue weighted by molar-refractivity contribution is 5.77. The number of nitrogens with two attached hydrogens (primary N) is 2. The molecule has 2 unspecified atom stereocenters. The minimum atomic E-state index is 0.358. The summed E-state index contributed by atoms with van der Waals surface area (Å²) in [6.07, 6.45) is 1.28. The zero-order chi connectivity index (χ0) is 13.2. The summed E-state index contributed by atoms with van der Waals surface area (Å²) >= 11 is 0. The molecular formula is C14H21N5. The Balaban J connectivity index is 1.58. The lowest BCUT2D eigenvalue weighted by Gasteiger charge is -2.51. The number of hydrazine groups is 1. The van der Waals surface area contributed by atoms with Crippen molar-refractivity contribution in [2.45, 2.75) is 19.0 Å². The molecule has 5 nitrogen and oxygen atoms in total. The Labute approximate surface area is 113 Å². The van der Waals surface area contributed by atoms with Crippen molar-refractivity contribution < 1.29 is 0 Å². The molecule has 5 heteroatoms. The normalized spacial score (nSPS) is 30.8. The second kappa shape index (κ2) is 5.19. The van der Waals surface area contributed by atoms with Gasteiger partial charge in [0.05, 0.1) is 6.04 Å². The zero-order valence-corrected chi connectivity index (χ0v) is 11.0. The van der Waals surface area contributed by atoms with Gasteiger partial charge in [0, 0.05) is 19.6 Å². The van der Waals surface area contributed by atoms with Crippen molar-refractivity contribution in [1.29, 1.82) is 0 Å². The van der Waals surface area contributed by atoms with E-state index in [1.54, 1.807) is 0 Å². The maximum absolute atomic E-state index is 5.65. The van der Waals surface area contributed by atoms with Crippen LogP contribution < -0.4 is 17.0 Å². The summed E-state index contributed by atoms with van der Waals surface area (Å²) in [5.74, 6) is 6.89. The van der Waals surface area contributed by atoms with Crippen LogP contribution in [0.5, 0.6) is 0 Å². The number of benzene rings is 1. The summed E-state index contributed by atoms with van der Waals surface area (Å²) in [7, 11) is 0. The molecule has 2 saturated heterocycles. The van der Waals surface area contributed by atoms with Crippen molar-refractivity contribution in [1.82, 2.24) is 10.3 Å². The number of nitrogens with one attached hydrogen (secondary N) is 1. The molecule has 0 aromatic heterocycles. The van der Waals surface area contributed by atoms with Crippen LogP contribution in [0.25, 0.3) is 0 Å². The van der Waals surface area contributed by atoms with E-state index < -0.39 is 0 Å². The van der Waals surface area contributed by atoms with Gasteiger partial charge in [-0.1, -0.05) is 30.3 Å². The zero-order valence-electron chi connectivity index (χ0n) is 11.0. The van der Waals surface area contributed by atoms with Gasteiger partial charge in [0.15, 0.2) is 0 Å². The maximum Gasteiger partial charge on any atom is 0.203 e. The lowest BCUT2D eigenvalue weighted by molar-refractivity contribution is -0.000439. The third-order valence-electron chi connectivity index (χ3n) is 4.24. The van der Waals surface area contributed by atoms with Gasteiger partial charge >= 0.3 is 0 Å². The third kappa shape index (κ3) is 2.57. The molecule has 3 fully saturated rings. The largest absolute Gasteiger partial charge is 0.369 e. The summed E-state index contributed by atoms with van der Waals surface area (Å²) in [6, 6.07) is 11.0. The predicted molar refractivity (Wildman–Crippen MR) is 76.0 cm³/mol. The molecule has 5 N–H and O–H groups in total. The molecule has 1 aromatic rings. The first-order valence-electron chi connectivity index (χ1n) is 6.82. The molecule has 4 rings (SSSR count). The van der Waals surface area contributed by atoms with E-state index in [9.17, 15) is 0 Å². The van der Waals surface area contributed by atoms with E-state index in [1.165, 1.54) is 12.0 Å². The number of hydrogen-bond donors (Lipinski definition) is 3. The number of guanidine groups is 1. The van der Waals surface area contributed by atoms with E-state index in [2.05, 4.69) is 45.6 Å². The Morgan fingerprint density at radius 2 is 1.95 bits per heavy atom. The molecule has 0 amide bonds. The molecule has 2 heterocycles. The van der Waals surface area contributed by atoms with Crippen LogP contribution in [0.2, 0.25) is 0 Å². The van der Waals surface area contributed by atoms with E-state index in [1.807, 2.05) is 0 Å². The van der Waals surface area contributed by atoms with Gasteiger partial charge in [-0.3, -0.25) is 10.3 Å². The number of fused-ring (bicyclic) bond motifs is 2. The van der Waals surface area contributed by atoms with E-state index in [0.29, 0.717) is 23.8 Å². The fourth-order valence-corrected chi connectivity index (χ4v) is 3.34. The van der Waals surface area contributed by atoms with E-state index in [-0.39, 0.29) is 0 Å². The Morgan fingerprint density at radius 3 is 2.58 bits per heavy atom. The van der Waals surface area contributed by atoms with Gasteiger partial charge in [0.1, 0.15) is 0 Å². The van der Waals surface area contributed by atoms with E-state index in [0.717, 1.165) is 19.6 Å². The average Bonchev–Trinajstić information content (AvgIpc) is 2.45. The van der Waals surface area contributed by atoms with Gasteiger partial charge in [-0.25, -0.2) is 10.8 Å². The molecule has 1 saturated carbocycles. The number of aliphatic imine (C=N–C) groups is 1. The molecule has 2 aliphatic heterocycles. The van der Waals surface area contributed by atoms with Crippen LogP contribution in [-0.2, 0) is 6.54 Å². The molecule has 1 aliphatic carbocycles. The van der Waals surface area contributed by atoms with Gasteiger partial charge < -0.3 is 5.73 Å². The third-order valence-corrected chi connectivity index (χ3v) is 4.24. The molecule has 1 aromatic carbocycles. The molecule has 19 heavy (non-hydrogen) atoms. The van der Waals surface area contributed by atoms with E-state index >= 15 is 0 Å². The maximum atomic E-state index is 5.65. The van der Waals surface area contributed by atoms with Gasteiger partial charge in [-0.2, -0.15) is 0 Å². The Kier molecular flexibility index (Phi) is 3.40.